The standard InChI is InChI=1S/C9H17N/c1-6-7-8(10-5)9(2,3)4/h7H,5-6H2,1-4H3/b8-7-. The van der Waals surface area contributed by atoms with Crippen molar-refractivity contribution in [2.45, 2.75) is 34.1 Å². The molecule has 58 valence electrons. The van der Waals surface area contributed by atoms with Crippen molar-refractivity contribution >= 4 is 6.72 Å². The predicted octanol–water partition coefficient (Wildman–Crippen LogP) is 3.03. The van der Waals surface area contributed by atoms with Gasteiger partial charge in [-0.15, -0.1) is 0 Å². The highest BCUT2D eigenvalue weighted by Gasteiger charge is 2.14. The molecule has 10 heavy (non-hydrogen) atoms. The molecule has 0 aliphatic carbocycles. The van der Waals surface area contributed by atoms with Gasteiger partial charge in [0.1, 0.15) is 0 Å². The van der Waals surface area contributed by atoms with Crippen LogP contribution in [0.4, 0.5) is 0 Å². The monoisotopic (exact) mass is 139 g/mol. The molecule has 0 unspecified atom stereocenters. The lowest BCUT2D eigenvalue weighted by atomic mass is 9.92. The van der Waals surface area contributed by atoms with Gasteiger partial charge in [-0.25, -0.2) is 0 Å². The Balaban J connectivity index is 4.36. The van der Waals surface area contributed by atoms with Crippen molar-refractivity contribution in [1.82, 2.24) is 0 Å². The molecule has 0 aliphatic heterocycles. The van der Waals surface area contributed by atoms with Crippen LogP contribution < -0.4 is 0 Å². The van der Waals surface area contributed by atoms with Gasteiger partial charge in [0.2, 0.25) is 0 Å². The minimum Gasteiger partial charge on any atom is -0.269 e. The molecule has 0 spiro atoms. The van der Waals surface area contributed by atoms with Gasteiger partial charge in [-0.3, -0.25) is 4.99 Å². The highest BCUT2D eigenvalue weighted by Crippen LogP contribution is 2.25. The fraction of sp³-hybridized carbons (Fsp3) is 0.667. The summed E-state index contributed by atoms with van der Waals surface area (Å²) in [6, 6.07) is 0. The highest BCUT2D eigenvalue weighted by molar-refractivity contribution is 5.30. The summed E-state index contributed by atoms with van der Waals surface area (Å²) < 4.78 is 0. The number of allylic oxidation sites excluding steroid dienone is 2. The van der Waals surface area contributed by atoms with Gasteiger partial charge in [0.05, 0.1) is 0 Å². The molecule has 0 amide bonds. The average Bonchev–Trinajstić information content (AvgIpc) is 1.80. The van der Waals surface area contributed by atoms with Crippen LogP contribution in [0.5, 0.6) is 0 Å². The number of aliphatic imine (C=N–C) groups is 1. The van der Waals surface area contributed by atoms with Crippen LogP contribution in [-0.2, 0) is 0 Å². The Bertz CT molecular complexity index is 137. The lowest BCUT2D eigenvalue weighted by Crippen LogP contribution is -2.06. The molecule has 0 saturated carbocycles. The van der Waals surface area contributed by atoms with Crippen LogP contribution in [0.25, 0.3) is 0 Å². The summed E-state index contributed by atoms with van der Waals surface area (Å²) in [5.74, 6) is 0. The Morgan fingerprint density at radius 2 is 2.00 bits per heavy atom. The quantitative estimate of drug-likeness (QED) is 0.521. The molecular weight excluding hydrogens is 122 g/mol. The Morgan fingerprint density at radius 3 is 2.10 bits per heavy atom. The first-order chi connectivity index (χ1) is 4.52. The van der Waals surface area contributed by atoms with Crippen molar-refractivity contribution in [3.8, 4) is 0 Å². The van der Waals surface area contributed by atoms with Crippen LogP contribution in [0.15, 0.2) is 16.8 Å². The van der Waals surface area contributed by atoms with E-state index in [0.29, 0.717) is 0 Å². The molecule has 0 rings (SSSR count). The van der Waals surface area contributed by atoms with Gasteiger partial charge in [-0.1, -0.05) is 33.8 Å². The maximum atomic E-state index is 3.96. The molecule has 0 aromatic carbocycles. The topological polar surface area (TPSA) is 12.4 Å². The lowest BCUT2D eigenvalue weighted by Gasteiger charge is -2.18. The molecule has 1 nitrogen and oxygen atoms in total. The molecular formula is C9H17N. The van der Waals surface area contributed by atoms with Crippen molar-refractivity contribution in [3.63, 3.8) is 0 Å². The van der Waals surface area contributed by atoms with E-state index >= 15 is 0 Å². The van der Waals surface area contributed by atoms with E-state index in [0.717, 1.165) is 12.1 Å². The third kappa shape index (κ3) is 2.81. The second-order valence-electron chi connectivity index (χ2n) is 3.41. The van der Waals surface area contributed by atoms with Crippen molar-refractivity contribution in [3.05, 3.63) is 11.8 Å². The summed E-state index contributed by atoms with van der Waals surface area (Å²) in [7, 11) is 0. The third-order valence-electron chi connectivity index (χ3n) is 1.34. The number of hydrogen-bond donors (Lipinski definition) is 0. The smallest absolute Gasteiger partial charge is 0.0409 e. The van der Waals surface area contributed by atoms with Crippen LogP contribution in [-0.4, -0.2) is 6.72 Å². The van der Waals surface area contributed by atoms with E-state index in [9.17, 15) is 0 Å². The molecule has 0 N–H and O–H groups in total. The molecule has 0 bridgehead atoms. The second kappa shape index (κ2) is 3.55. The minimum absolute atomic E-state index is 0.151. The SMILES string of the molecule is C=N/C(=C\CC)C(C)(C)C. The number of rotatable bonds is 2. The maximum absolute atomic E-state index is 3.96. The summed E-state index contributed by atoms with van der Waals surface area (Å²) in [5.41, 5.74) is 1.24. The first-order valence-corrected chi connectivity index (χ1v) is 3.69. The summed E-state index contributed by atoms with van der Waals surface area (Å²) in [4.78, 5) is 3.96. The first kappa shape index (κ1) is 9.41. The van der Waals surface area contributed by atoms with Crippen LogP contribution in [0, 0.1) is 5.41 Å². The van der Waals surface area contributed by atoms with Gasteiger partial charge in [0.15, 0.2) is 0 Å². The molecule has 0 saturated heterocycles. The van der Waals surface area contributed by atoms with Crippen LogP contribution in [0.2, 0.25) is 0 Å². The Labute approximate surface area is 63.9 Å². The molecule has 0 heterocycles. The molecule has 0 aromatic heterocycles. The number of nitrogens with zero attached hydrogens (tertiary/aromatic N) is 1. The van der Waals surface area contributed by atoms with Gasteiger partial charge >= 0.3 is 0 Å². The zero-order valence-electron chi connectivity index (χ0n) is 7.44. The van der Waals surface area contributed by atoms with E-state index in [4.69, 9.17) is 0 Å². The Morgan fingerprint density at radius 1 is 1.50 bits per heavy atom. The van der Waals surface area contributed by atoms with E-state index in [1.54, 1.807) is 0 Å². The first-order valence-electron chi connectivity index (χ1n) is 3.69. The summed E-state index contributed by atoms with van der Waals surface area (Å²) >= 11 is 0. The summed E-state index contributed by atoms with van der Waals surface area (Å²) in [6.07, 6.45) is 3.15. The van der Waals surface area contributed by atoms with E-state index in [1.165, 1.54) is 0 Å². The van der Waals surface area contributed by atoms with E-state index in [2.05, 4.69) is 45.5 Å². The zero-order valence-corrected chi connectivity index (χ0v) is 7.44. The predicted molar refractivity (Wildman–Crippen MR) is 47.4 cm³/mol. The Hall–Kier alpha value is -0.590. The Kier molecular flexibility index (Phi) is 3.34. The van der Waals surface area contributed by atoms with Gasteiger partial charge in [0, 0.05) is 11.1 Å². The maximum Gasteiger partial charge on any atom is 0.0409 e. The van der Waals surface area contributed by atoms with E-state index in [1.807, 2.05) is 0 Å². The van der Waals surface area contributed by atoms with Gasteiger partial charge in [-0.05, 0) is 13.1 Å². The fourth-order valence-electron chi connectivity index (χ4n) is 0.801. The van der Waals surface area contributed by atoms with E-state index in [-0.39, 0.29) is 5.41 Å². The van der Waals surface area contributed by atoms with Crippen LogP contribution >= 0.6 is 0 Å². The molecule has 0 aliphatic rings. The molecule has 1 heteroatoms. The summed E-state index contributed by atoms with van der Waals surface area (Å²) in [6.45, 7) is 12.1. The molecule has 0 aromatic rings. The normalized spacial score (nSPS) is 13.4. The third-order valence-corrected chi connectivity index (χ3v) is 1.34. The van der Waals surface area contributed by atoms with E-state index < -0.39 is 0 Å². The zero-order chi connectivity index (χ0) is 8.20. The molecule has 0 fully saturated rings. The van der Waals surface area contributed by atoms with Crippen LogP contribution in [0.1, 0.15) is 34.1 Å². The molecule has 0 radical (unpaired) electrons. The van der Waals surface area contributed by atoms with Gasteiger partial charge < -0.3 is 0 Å². The van der Waals surface area contributed by atoms with Crippen molar-refractivity contribution in [2.24, 2.45) is 10.4 Å². The minimum atomic E-state index is 0.151. The summed E-state index contributed by atoms with van der Waals surface area (Å²) in [5, 5.41) is 0. The fourth-order valence-corrected chi connectivity index (χ4v) is 0.801. The lowest BCUT2D eigenvalue weighted by molar-refractivity contribution is 0.497. The van der Waals surface area contributed by atoms with Crippen molar-refractivity contribution in [1.29, 1.82) is 0 Å². The van der Waals surface area contributed by atoms with Gasteiger partial charge in [-0.2, -0.15) is 0 Å². The largest absolute Gasteiger partial charge is 0.269 e. The van der Waals surface area contributed by atoms with Crippen LogP contribution in [0.3, 0.4) is 0 Å². The number of hydrogen-bond acceptors (Lipinski definition) is 1. The molecule has 0 atom stereocenters. The van der Waals surface area contributed by atoms with Crippen molar-refractivity contribution < 1.29 is 0 Å². The van der Waals surface area contributed by atoms with Crippen molar-refractivity contribution in [2.75, 3.05) is 0 Å². The van der Waals surface area contributed by atoms with Gasteiger partial charge in [0.25, 0.3) is 0 Å². The second-order valence-corrected chi connectivity index (χ2v) is 3.41. The highest BCUT2D eigenvalue weighted by atomic mass is 14.7. The average molecular weight is 139 g/mol.